The molecule has 3 nitrogen and oxygen atoms in total. The van der Waals surface area contributed by atoms with E-state index in [0.29, 0.717) is 6.54 Å². The lowest BCUT2D eigenvalue weighted by molar-refractivity contribution is -0.136. The lowest BCUT2D eigenvalue weighted by Crippen LogP contribution is -2.38. The summed E-state index contributed by atoms with van der Waals surface area (Å²) < 4.78 is 0. The molecular formula is C24H25NO2. The summed E-state index contributed by atoms with van der Waals surface area (Å²) in [5, 5.41) is 10.1. The maximum absolute atomic E-state index is 13.4. The summed E-state index contributed by atoms with van der Waals surface area (Å²) in [4.78, 5) is 15.2. The van der Waals surface area contributed by atoms with Gasteiger partial charge in [-0.2, -0.15) is 0 Å². The highest BCUT2D eigenvalue weighted by Gasteiger charge is 2.29. The molecule has 0 fully saturated rings. The molecule has 1 N–H and O–H groups in total. The molecule has 138 valence electrons. The van der Waals surface area contributed by atoms with Crippen LogP contribution in [0.4, 0.5) is 0 Å². The summed E-state index contributed by atoms with van der Waals surface area (Å²) in [6.45, 7) is 2.26. The summed E-state index contributed by atoms with van der Waals surface area (Å²) >= 11 is 0. The Balaban J connectivity index is 1.94. The second-order valence-electron chi connectivity index (χ2n) is 6.69. The van der Waals surface area contributed by atoms with Gasteiger partial charge in [0.25, 0.3) is 0 Å². The van der Waals surface area contributed by atoms with Gasteiger partial charge < -0.3 is 10.0 Å². The number of amides is 1. The van der Waals surface area contributed by atoms with Crippen LogP contribution in [-0.4, -0.2) is 22.5 Å². The lowest BCUT2D eigenvalue weighted by atomic mass is 9.97. The smallest absolute Gasteiger partial charge is 0.230 e. The second-order valence-corrected chi connectivity index (χ2v) is 6.69. The Labute approximate surface area is 160 Å². The van der Waals surface area contributed by atoms with E-state index < -0.39 is 0 Å². The van der Waals surface area contributed by atoms with E-state index in [1.54, 1.807) is 4.90 Å². The van der Waals surface area contributed by atoms with Gasteiger partial charge in [-0.1, -0.05) is 91.0 Å². The van der Waals surface area contributed by atoms with Crippen LogP contribution in [0.2, 0.25) is 0 Å². The van der Waals surface area contributed by atoms with Gasteiger partial charge in [0.2, 0.25) is 5.91 Å². The first kappa shape index (κ1) is 18.9. The van der Waals surface area contributed by atoms with Crippen molar-refractivity contribution in [3.05, 3.63) is 108 Å². The number of benzene rings is 3. The van der Waals surface area contributed by atoms with Crippen LogP contribution >= 0.6 is 0 Å². The molecule has 0 saturated heterocycles. The third-order valence-corrected chi connectivity index (χ3v) is 4.88. The molecule has 0 aliphatic carbocycles. The number of carbonyl (C=O) groups excluding carboxylic acids is 1. The highest BCUT2D eigenvalue weighted by Crippen LogP contribution is 2.27. The third-order valence-electron chi connectivity index (χ3n) is 4.88. The molecule has 3 heteroatoms. The molecule has 3 rings (SSSR count). The quantitative estimate of drug-likeness (QED) is 0.672. The number of aliphatic hydroxyl groups is 1. The molecule has 0 heterocycles. The first-order valence-corrected chi connectivity index (χ1v) is 9.26. The summed E-state index contributed by atoms with van der Waals surface area (Å²) in [6.07, 6.45) is 0. The van der Waals surface area contributed by atoms with Crippen LogP contribution in [0, 0.1) is 0 Å². The summed E-state index contributed by atoms with van der Waals surface area (Å²) in [6, 6.07) is 29.0. The van der Waals surface area contributed by atoms with E-state index in [1.807, 2.05) is 97.9 Å². The molecule has 1 amide bonds. The minimum Gasteiger partial charge on any atom is -0.394 e. The Kier molecular flexibility index (Phi) is 6.39. The van der Waals surface area contributed by atoms with E-state index in [2.05, 4.69) is 0 Å². The Morgan fingerprint density at radius 2 is 1.30 bits per heavy atom. The van der Waals surface area contributed by atoms with Gasteiger partial charge in [0, 0.05) is 6.54 Å². The van der Waals surface area contributed by atoms with E-state index in [-0.39, 0.29) is 24.5 Å². The standard InChI is InChI=1S/C24H25NO2/c1-19(21-13-7-3-8-14-21)24(27)25(17-20-11-5-2-6-12-20)23(18-26)22-15-9-4-10-16-22/h2-16,19,23,26H,17-18H2,1H3/t19-,23+/m1/s1. The minimum absolute atomic E-state index is 0.00737. The highest BCUT2D eigenvalue weighted by molar-refractivity contribution is 5.83. The van der Waals surface area contributed by atoms with E-state index in [1.165, 1.54) is 0 Å². The van der Waals surface area contributed by atoms with Crippen LogP contribution in [0.1, 0.15) is 35.6 Å². The number of nitrogens with zero attached hydrogens (tertiary/aromatic N) is 1. The highest BCUT2D eigenvalue weighted by atomic mass is 16.3. The Hall–Kier alpha value is -2.91. The monoisotopic (exact) mass is 359 g/mol. The topological polar surface area (TPSA) is 40.5 Å². The van der Waals surface area contributed by atoms with Crippen LogP contribution in [-0.2, 0) is 11.3 Å². The van der Waals surface area contributed by atoms with E-state index in [9.17, 15) is 9.90 Å². The van der Waals surface area contributed by atoms with Crippen LogP contribution < -0.4 is 0 Å². The molecule has 27 heavy (non-hydrogen) atoms. The largest absolute Gasteiger partial charge is 0.394 e. The number of aliphatic hydroxyl groups excluding tert-OH is 1. The van der Waals surface area contributed by atoms with Crippen molar-refractivity contribution in [1.82, 2.24) is 4.90 Å². The van der Waals surface area contributed by atoms with Gasteiger partial charge in [-0.3, -0.25) is 4.79 Å². The molecule has 2 atom stereocenters. The van der Waals surface area contributed by atoms with Crippen molar-refractivity contribution in [2.24, 2.45) is 0 Å². The maximum atomic E-state index is 13.4. The Morgan fingerprint density at radius 1 is 0.815 bits per heavy atom. The second kappa shape index (κ2) is 9.15. The van der Waals surface area contributed by atoms with Crippen molar-refractivity contribution in [3.63, 3.8) is 0 Å². The van der Waals surface area contributed by atoms with Crippen molar-refractivity contribution >= 4 is 5.91 Å². The molecule has 0 aliphatic heterocycles. The average molecular weight is 359 g/mol. The minimum atomic E-state index is -0.384. The summed E-state index contributed by atoms with van der Waals surface area (Å²) in [7, 11) is 0. The summed E-state index contributed by atoms with van der Waals surface area (Å²) in [5.74, 6) is -0.277. The molecule has 0 bridgehead atoms. The summed E-state index contributed by atoms with van der Waals surface area (Å²) in [5.41, 5.74) is 2.95. The fourth-order valence-electron chi connectivity index (χ4n) is 3.31. The molecule has 3 aromatic rings. The molecule has 0 aliphatic rings. The van der Waals surface area contributed by atoms with Gasteiger partial charge in [0.15, 0.2) is 0 Å². The molecule has 0 saturated carbocycles. The lowest BCUT2D eigenvalue weighted by Gasteiger charge is -2.33. The molecule has 0 unspecified atom stereocenters. The zero-order chi connectivity index (χ0) is 19.1. The first-order valence-electron chi connectivity index (χ1n) is 9.26. The molecule has 0 radical (unpaired) electrons. The number of rotatable bonds is 7. The van der Waals surface area contributed by atoms with Crippen LogP contribution in [0.3, 0.4) is 0 Å². The molecule has 3 aromatic carbocycles. The van der Waals surface area contributed by atoms with Gasteiger partial charge in [0.05, 0.1) is 18.6 Å². The predicted molar refractivity (Wildman–Crippen MR) is 108 cm³/mol. The van der Waals surface area contributed by atoms with Crippen molar-refractivity contribution in [1.29, 1.82) is 0 Å². The van der Waals surface area contributed by atoms with Crippen LogP contribution in [0.25, 0.3) is 0 Å². The zero-order valence-electron chi connectivity index (χ0n) is 15.5. The third kappa shape index (κ3) is 4.63. The normalized spacial score (nSPS) is 13.0. The number of hydrogen-bond donors (Lipinski definition) is 1. The molecular weight excluding hydrogens is 334 g/mol. The Morgan fingerprint density at radius 3 is 1.81 bits per heavy atom. The number of hydrogen-bond acceptors (Lipinski definition) is 2. The van der Waals surface area contributed by atoms with Crippen LogP contribution in [0.5, 0.6) is 0 Å². The Bertz CT molecular complexity index is 834. The molecule has 0 aromatic heterocycles. The SMILES string of the molecule is C[C@@H](C(=O)N(Cc1ccccc1)[C@@H](CO)c1ccccc1)c1ccccc1. The van der Waals surface area contributed by atoms with Gasteiger partial charge >= 0.3 is 0 Å². The fourth-order valence-corrected chi connectivity index (χ4v) is 3.31. The van der Waals surface area contributed by atoms with Crippen LogP contribution in [0.15, 0.2) is 91.0 Å². The van der Waals surface area contributed by atoms with Gasteiger partial charge in [0.1, 0.15) is 0 Å². The van der Waals surface area contributed by atoms with Crippen molar-refractivity contribution in [2.45, 2.75) is 25.4 Å². The van der Waals surface area contributed by atoms with E-state index in [0.717, 1.165) is 16.7 Å². The average Bonchev–Trinajstić information content (AvgIpc) is 2.74. The van der Waals surface area contributed by atoms with Gasteiger partial charge in [-0.25, -0.2) is 0 Å². The van der Waals surface area contributed by atoms with E-state index >= 15 is 0 Å². The van der Waals surface area contributed by atoms with Crippen molar-refractivity contribution in [3.8, 4) is 0 Å². The first-order chi connectivity index (χ1) is 13.2. The fraction of sp³-hybridized carbons (Fsp3) is 0.208. The van der Waals surface area contributed by atoms with Gasteiger partial charge in [-0.05, 0) is 23.6 Å². The predicted octanol–water partition coefficient (Wildman–Crippen LogP) is 4.55. The van der Waals surface area contributed by atoms with Crippen molar-refractivity contribution < 1.29 is 9.90 Å². The zero-order valence-corrected chi connectivity index (χ0v) is 15.5. The van der Waals surface area contributed by atoms with Gasteiger partial charge in [-0.15, -0.1) is 0 Å². The van der Waals surface area contributed by atoms with E-state index in [4.69, 9.17) is 0 Å². The van der Waals surface area contributed by atoms with Crippen molar-refractivity contribution in [2.75, 3.05) is 6.61 Å². The molecule has 0 spiro atoms. The maximum Gasteiger partial charge on any atom is 0.230 e. The number of carbonyl (C=O) groups is 1.